The lowest BCUT2D eigenvalue weighted by Gasteiger charge is -2.29. The van der Waals surface area contributed by atoms with Crippen molar-refractivity contribution in [1.29, 1.82) is 0 Å². The minimum absolute atomic E-state index is 0.209. The number of carbonyl (C=O) groups excluding carboxylic acids is 2. The standard InChI is InChI=1S/C24H18N4O6/c1-24(2)33-21(29)17(22(30)34-24)12-25-16-9-8-15-10-18(23(31)32-19(15)11-16)28-13-26-20(27-28)14-6-4-3-5-7-14/h3-13,25H,1-2H3. The summed E-state index contributed by atoms with van der Waals surface area (Å²) < 4.78 is 16.9. The molecule has 0 bridgehead atoms. The van der Waals surface area contributed by atoms with Crippen molar-refractivity contribution in [3.63, 3.8) is 0 Å². The van der Waals surface area contributed by atoms with Gasteiger partial charge >= 0.3 is 17.6 Å². The summed E-state index contributed by atoms with van der Waals surface area (Å²) in [5, 5.41) is 7.85. The van der Waals surface area contributed by atoms with Crippen LogP contribution in [0.5, 0.6) is 0 Å². The summed E-state index contributed by atoms with van der Waals surface area (Å²) >= 11 is 0. The Morgan fingerprint density at radius 1 is 0.971 bits per heavy atom. The molecule has 1 fully saturated rings. The molecule has 10 nitrogen and oxygen atoms in total. The highest BCUT2D eigenvalue weighted by Crippen LogP contribution is 2.24. The second-order valence-corrected chi connectivity index (χ2v) is 7.93. The van der Waals surface area contributed by atoms with Crippen LogP contribution in [0.2, 0.25) is 0 Å². The van der Waals surface area contributed by atoms with Crippen LogP contribution in [0.25, 0.3) is 28.0 Å². The van der Waals surface area contributed by atoms with Gasteiger partial charge < -0.3 is 19.2 Å². The van der Waals surface area contributed by atoms with Crippen molar-refractivity contribution >= 4 is 28.6 Å². The molecule has 4 aromatic rings. The molecule has 170 valence electrons. The number of aromatic nitrogens is 3. The van der Waals surface area contributed by atoms with Gasteiger partial charge in [0.05, 0.1) is 0 Å². The van der Waals surface area contributed by atoms with Crippen LogP contribution < -0.4 is 10.9 Å². The van der Waals surface area contributed by atoms with E-state index in [2.05, 4.69) is 15.4 Å². The molecule has 34 heavy (non-hydrogen) atoms. The van der Waals surface area contributed by atoms with E-state index in [1.165, 1.54) is 31.1 Å². The third-order valence-electron chi connectivity index (χ3n) is 4.99. The Hall–Kier alpha value is -4.73. The maximum atomic E-state index is 12.6. The van der Waals surface area contributed by atoms with Gasteiger partial charge in [0.15, 0.2) is 17.1 Å². The van der Waals surface area contributed by atoms with E-state index < -0.39 is 23.4 Å². The number of nitrogens with one attached hydrogen (secondary N) is 1. The Balaban J connectivity index is 1.41. The minimum atomic E-state index is -1.32. The number of ether oxygens (including phenoxy) is 2. The maximum absolute atomic E-state index is 12.6. The fraction of sp³-hybridized carbons (Fsp3) is 0.125. The molecule has 0 saturated carbocycles. The van der Waals surface area contributed by atoms with Crippen LogP contribution in [0.4, 0.5) is 5.69 Å². The highest BCUT2D eigenvalue weighted by Gasteiger charge is 2.38. The first-order valence-electron chi connectivity index (χ1n) is 10.3. The monoisotopic (exact) mass is 458 g/mol. The van der Waals surface area contributed by atoms with Crippen LogP contribution in [0, 0.1) is 0 Å². The zero-order valence-electron chi connectivity index (χ0n) is 18.1. The molecular formula is C24H18N4O6. The van der Waals surface area contributed by atoms with E-state index in [-0.39, 0.29) is 11.3 Å². The second-order valence-electron chi connectivity index (χ2n) is 7.93. The van der Waals surface area contributed by atoms with Gasteiger partial charge in [-0.15, -0.1) is 5.10 Å². The number of benzene rings is 2. The Labute approximate surface area is 192 Å². The SMILES string of the molecule is CC1(C)OC(=O)C(=CNc2ccc3cc(-n4cnc(-c5ccccc5)n4)c(=O)oc3c2)C(=O)O1. The molecule has 5 rings (SSSR count). The highest BCUT2D eigenvalue weighted by molar-refractivity contribution is 6.15. The molecule has 0 aliphatic carbocycles. The number of hydrogen-bond acceptors (Lipinski definition) is 9. The summed E-state index contributed by atoms with van der Waals surface area (Å²) in [4.78, 5) is 41.0. The highest BCUT2D eigenvalue weighted by atomic mass is 16.7. The average Bonchev–Trinajstić information content (AvgIpc) is 3.28. The van der Waals surface area contributed by atoms with Crippen LogP contribution >= 0.6 is 0 Å². The predicted molar refractivity (Wildman–Crippen MR) is 121 cm³/mol. The van der Waals surface area contributed by atoms with E-state index in [0.717, 1.165) is 5.56 Å². The van der Waals surface area contributed by atoms with Crippen LogP contribution in [-0.2, 0) is 19.1 Å². The van der Waals surface area contributed by atoms with E-state index in [0.29, 0.717) is 22.5 Å². The minimum Gasteiger partial charge on any atom is -0.421 e. The van der Waals surface area contributed by atoms with Gasteiger partial charge in [0.1, 0.15) is 11.9 Å². The molecule has 1 saturated heterocycles. The molecule has 0 spiro atoms. The van der Waals surface area contributed by atoms with Crippen molar-refractivity contribution in [2.24, 2.45) is 0 Å². The number of anilines is 1. The lowest BCUT2D eigenvalue weighted by atomic mass is 10.2. The first-order valence-corrected chi connectivity index (χ1v) is 10.3. The van der Waals surface area contributed by atoms with E-state index in [1.807, 2.05) is 30.3 Å². The number of cyclic esters (lactones) is 2. The molecular weight excluding hydrogens is 440 g/mol. The van der Waals surface area contributed by atoms with Gasteiger partial charge in [0.25, 0.3) is 5.79 Å². The molecule has 2 aromatic heterocycles. The van der Waals surface area contributed by atoms with Gasteiger partial charge in [0.2, 0.25) is 0 Å². The fourth-order valence-electron chi connectivity index (χ4n) is 3.38. The zero-order chi connectivity index (χ0) is 23.9. The first kappa shape index (κ1) is 21.1. The molecule has 3 heterocycles. The van der Waals surface area contributed by atoms with Gasteiger partial charge in [-0.2, -0.15) is 0 Å². The molecule has 0 atom stereocenters. The number of esters is 2. The lowest BCUT2D eigenvalue weighted by molar-refractivity contribution is -0.222. The number of hydrogen-bond donors (Lipinski definition) is 1. The molecule has 1 N–H and O–H groups in total. The average molecular weight is 458 g/mol. The molecule has 10 heteroatoms. The Bertz CT molecular complexity index is 1500. The Morgan fingerprint density at radius 2 is 1.71 bits per heavy atom. The molecule has 0 radical (unpaired) electrons. The van der Waals surface area contributed by atoms with Crippen LogP contribution in [0.15, 0.2) is 81.9 Å². The van der Waals surface area contributed by atoms with Gasteiger partial charge in [0, 0.05) is 42.8 Å². The van der Waals surface area contributed by atoms with E-state index >= 15 is 0 Å². The topological polar surface area (TPSA) is 126 Å². The Kier molecular flexibility index (Phi) is 4.97. The number of nitrogens with zero attached hydrogens (tertiary/aromatic N) is 3. The van der Waals surface area contributed by atoms with E-state index in [1.54, 1.807) is 24.3 Å². The number of fused-ring (bicyclic) bond motifs is 1. The van der Waals surface area contributed by atoms with Gasteiger partial charge in [-0.05, 0) is 18.2 Å². The van der Waals surface area contributed by atoms with Crippen molar-refractivity contribution in [1.82, 2.24) is 14.8 Å². The third-order valence-corrected chi connectivity index (χ3v) is 4.99. The van der Waals surface area contributed by atoms with Crippen molar-refractivity contribution in [2.45, 2.75) is 19.6 Å². The third kappa shape index (κ3) is 4.04. The summed E-state index contributed by atoms with van der Waals surface area (Å²) in [5.74, 6) is -2.43. The molecule has 1 aliphatic rings. The summed E-state index contributed by atoms with van der Waals surface area (Å²) in [6, 6.07) is 16.0. The fourth-order valence-corrected chi connectivity index (χ4v) is 3.38. The van der Waals surface area contributed by atoms with Crippen LogP contribution in [-0.4, -0.2) is 32.5 Å². The van der Waals surface area contributed by atoms with Crippen molar-refractivity contribution in [3.8, 4) is 17.1 Å². The van der Waals surface area contributed by atoms with Crippen LogP contribution in [0.1, 0.15) is 13.8 Å². The normalized spacial score (nSPS) is 15.1. The maximum Gasteiger partial charge on any atom is 0.362 e. The van der Waals surface area contributed by atoms with Crippen molar-refractivity contribution in [3.05, 3.63) is 83.1 Å². The second kappa shape index (κ2) is 8.00. The number of carbonyl (C=O) groups is 2. The quantitative estimate of drug-likeness (QED) is 0.212. The predicted octanol–water partition coefficient (Wildman–Crippen LogP) is 3.17. The summed E-state index contributed by atoms with van der Waals surface area (Å²) in [6.45, 7) is 2.93. The largest absolute Gasteiger partial charge is 0.421 e. The molecule has 2 aromatic carbocycles. The van der Waals surface area contributed by atoms with Gasteiger partial charge in [-0.3, -0.25) is 0 Å². The Morgan fingerprint density at radius 3 is 2.44 bits per heavy atom. The van der Waals surface area contributed by atoms with Crippen molar-refractivity contribution < 1.29 is 23.5 Å². The van der Waals surface area contributed by atoms with Gasteiger partial charge in [-0.1, -0.05) is 30.3 Å². The molecule has 0 amide bonds. The van der Waals surface area contributed by atoms with Gasteiger partial charge in [-0.25, -0.2) is 24.0 Å². The number of rotatable bonds is 4. The lowest BCUT2D eigenvalue weighted by Crippen LogP contribution is -2.42. The van der Waals surface area contributed by atoms with Crippen molar-refractivity contribution in [2.75, 3.05) is 5.32 Å². The smallest absolute Gasteiger partial charge is 0.362 e. The first-order chi connectivity index (χ1) is 16.3. The zero-order valence-corrected chi connectivity index (χ0v) is 18.1. The van der Waals surface area contributed by atoms with Crippen LogP contribution in [0.3, 0.4) is 0 Å². The summed E-state index contributed by atoms with van der Waals surface area (Å²) in [7, 11) is 0. The van der Waals surface area contributed by atoms with E-state index in [4.69, 9.17) is 13.9 Å². The molecule has 0 unspecified atom stereocenters. The summed E-state index contributed by atoms with van der Waals surface area (Å²) in [6.07, 6.45) is 2.64. The van der Waals surface area contributed by atoms with E-state index in [9.17, 15) is 14.4 Å². The molecule has 1 aliphatic heterocycles. The summed E-state index contributed by atoms with van der Waals surface area (Å²) in [5.41, 5.74) is 0.931.